The average Bonchev–Trinajstić information content (AvgIpc) is 2.54. The predicted molar refractivity (Wildman–Crippen MR) is 82.6 cm³/mol. The molecule has 0 aromatic heterocycles. The lowest BCUT2D eigenvalue weighted by Crippen LogP contribution is -2.35. The second-order valence-electron chi connectivity index (χ2n) is 5.50. The Morgan fingerprint density at radius 3 is 2.77 bits per heavy atom. The maximum absolute atomic E-state index is 12.4. The second-order valence-corrected chi connectivity index (χ2v) is 5.50. The SMILES string of the molecule is C/C=C(\C)CCOC(=O)C(=O)C1CCc2ccccc2C1=O. The van der Waals surface area contributed by atoms with Gasteiger partial charge in [-0.3, -0.25) is 9.59 Å². The average molecular weight is 300 g/mol. The van der Waals surface area contributed by atoms with Gasteiger partial charge in [0.2, 0.25) is 0 Å². The summed E-state index contributed by atoms with van der Waals surface area (Å²) in [6.07, 6.45) is 3.52. The van der Waals surface area contributed by atoms with Crippen LogP contribution in [0.1, 0.15) is 42.6 Å². The summed E-state index contributed by atoms with van der Waals surface area (Å²) in [5.41, 5.74) is 2.57. The first-order valence-corrected chi connectivity index (χ1v) is 7.49. The van der Waals surface area contributed by atoms with Crippen molar-refractivity contribution in [3.8, 4) is 0 Å². The van der Waals surface area contributed by atoms with Crippen molar-refractivity contribution in [2.75, 3.05) is 6.61 Å². The fourth-order valence-corrected chi connectivity index (χ4v) is 2.51. The molecule has 0 amide bonds. The molecule has 116 valence electrons. The maximum atomic E-state index is 12.4. The van der Waals surface area contributed by atoms with Crippen molar-refractivity contribution >= 4 is 17.5 Å². The van der Waals surface area contributed by atoms with Gasteiger partial charge in [-0.1, -0.05) is 35.9 Å². The zero-order valence-electron chi connectivity index (χ0n) is 12.9. The molecule has 0 bridgehead atoms. The number of hydrogen-bond donors (Lipinski definition) is 0. The molecule has 0 fully saturated rings. The van der Waals surface area contributed by atoms with E-state index in [0.717, 1.165) is 11.1 Å². The van der Waals surface area contributed by atoms with Gasteiger partial charge in [0.15, 0.2) is 5.78 Å². The number of hydrogen-bond acceptors (Lipinski definition) is 4. The van der Waals surface area contributed by atoms with Crippen molar-refractivity contribution in [1.82, 2.24) is 0 Å². The van der Waals surface area contributed by atoms with Crippen LogP contribution >= 0.6 is 0 Å². The first-order chi connectivity index (χ1) is 10.5. The Morgan fingerprint density at radius 2 is 2.05 bits per heavy atom. The highest BCUT2D eigenvalue weighted by molar-refractivity contribution is 6.39. The van der Waals surface area contributed by atoms with E-state index in [4.69, 9.17) is 4.74 Å². The van der Waals surface area contributed by atoms with Crippen LogP contribution in [-0.4, -0.2) is 24.1 Å². The predicted octanol–water partition coefficient (Wildman–Crippen LogP) is 2.90. The van der Waals surface area contributed by atoms with Crippen LogP contribution < -0.4 is 0 Å². The molecule has 4 heteroatoms. The number of aryl methyl sites for hydroxylation is 1. The molecule has 0 heterocycles. The topological polar surface area (TPSA) is 60.4 Å². The minimum absolute atomic E-state index is 0.165. The van der Waals surface area contributed by atoms with Crippen LogP contribution in [0.4, 0.5) is 0 Å². The molecule has 0 spiro atoms. The monoisotopic (exact) mass is 300 g/mol. The summed E-state index contributed by atoms with van der Waals surface area (Å²) in [4.78, 5) is 36.3. The van der Waals surface area contributed by atoms with E-state index < -0.39 is 17.7 Å². The number of esters is 1. The van der Waals surface area contributed by atoms with Gasteiger partial charge in [0, 0.05) is 12.0 Å². The van der Waals surface area contributed by atoms with Gasteiger partial charge in [0.05, 0.1) is 12.5 Å². The molecule has 0 N–H and O–H groups in total. The third-order valence-electron chi connectivity index (χ3n) is 4.04. The number of carbonyl (C=O) groups is 3. The fourth-order valence-electron chi connectivity index (χ4n) is 2.51. The number of ketones is 2. The normalized spacial score (nSPS) is 17.8. The highest BCUT2D eigenvalue weighted by Gasteiger charge is 2.36. The molecule has 1 aromatic carbocycles. The molecule has 1 aromatic rings. The molecule has 0 radical (unpaired) electrons. The Balaban J connectivity index is 1.99. The van der Waals surface area contributed by atoms with Crippen molar-refractivity contribution in [3.05, 3.63) is 47.0 Å². The van der Waals surface area contributed by atoms with Gasteiger partial charge >= 0.3 is 5.97 Å². The van der Waals surface area contributed by atoms with Crippen LogP contribution in [0.3, 0.4) is 0 Å². The van der Waals surface area contributed by atoms with Crippen molar-refractivity contribution in [3.63, 3.8) is 0 Å². The lowest BCUT2D eigenvalue weighted by atomic mass is 9.80. The Bertz CT molecular complexity index is 628. The van der Waals surface area contributed by atoms with E-state index in [9.17, 15) is 14.4 Å². The largest absolute Gasteiger partial charge is 0.460 e. The van der Waals surface area contributed by atoms with Gasteiger partial charge in [0.1, 0.15) is 0 Å². The van der Waals surface area contributed by atoms with Gasteiger partial charge in [-0.2, -0.15) is 0 Å². The Kier molecular flexibility index (Phi) is 5.26. The van der Waals surface area contributed by atoms with E-state index in [1.54, 1.807) is 12.1 Å². The first-order valence-electron chi connectivity index (χ1n) is 7.49. The first kappa shape index (κ1) is 16.1. The van der Waals surface area contributed by atoms with E-state index >= 15 is 0 Å². The summed E-state index contributed by atoms with van der Waals surface area (Å²) in [7, 11) is 0. The number of Topliss-reactive ketones (excluding diaryl/α,β-unsaturated/α-hetero) is 2. The van der Waals surface area contributed by atoms with Crippen LogP contribution in [-0.2, 0) is 20.7 Å². The highest BCUT2D eigenvalue weighted by Crippen LogP contribution is 2.26. The standard InChI is InChI=1S/C18H20O4/c1-3-12(2)10-11-22-18(21)17(20)15-9-8-13-6-4-5-7-14(13)16(15)19/h3-7,15H,8-11H2,1-2H3/b12-3+. The quantitative estimate of drug-likeness (QED) is 0.363. The molecular formula is C18H20O4. The number of fused-ring (bicyclic) bond motifs is 1. The van der Waals surface area contributed by atoms with Gasteiger partial charge < -0.3 is 4.74 Å². The van der Waals surface area contributed by atoms with E-state index in [1.165, 1.54) is 0 Å². The van der Waals surface area contributed by atoms with Crippen LogP contribution in [0.15, 0.2) is 35.9 Å². The number of carbonyl (C=O) groups excluding carboxylic acids is 3. The fraction of sp³-hybridized carbons (Fsp3) is 0.389. The van der Waals surface area contributed by atoms with Gasteiger partial charge in [0.25, 0.3) is 5.78 Å². The van der Waals surface area contributed by atoms with Crippen molar-refractivity contribution in [2.24, 2.45) is 5.92 Å². The molecular weight excluding hydrogens is 280 g/mol. The molecule has 1 aliphatic carbocycles. The third kappa shape index (κ3) is 3.50. The number of ether oxygens (including phenoxy) is 1. The second kappa shape index (κ2) is 7.16. The molecule has 0 aliphatic heterocycles. The van der Waals surface area contributed by atoms with E-state index in [1.807, 2.05) is 32.1 Å². The van der Waals surface area contributed by atoms with Crippen LogP contribution in [0.5, 0.6) is 0 Å². The molecule has 0 saturated heterocycles. The molecule has 22 heavy (non-hydrogen) atoms. The summed E-state index contributed by atoms with van der Waals surface area (Å²) >= 11 is 0. The molecule has 1 unspecified atom stereocenters. The summed E-state index contributed by atoms with van der Waals surface area (Å²) in [6.45, 7) is 4.00. The molecule has 1 atom stereocenters. The number of allylic oxidation sites excluding steroid dienone is 1. The third-order valence-corrected chi connectivity index (χ3v) is 4.04. The lowest BCUT2D eigenvalue weighted by molar-refractivity contribution is -0.155. The summed E-state index contributed by atoms with van der Waals surface area (Å²) in [6, 6.07) is 7.22. The van der Waals surface area contributed by atoms with Gasteiger partial charge in [-0.05, 0) is 32.3 Å². The summed E-state index contributed by atoms with van der Waals surface area (Å²) in [5.74, 6) is -2.79. The zero-order valence-corrected chi connectivity index (χ0v) is 12.9. The number of benzene rings is 1. The molecule has 0 saturated carbocycles. The number of rotatable bonds is 5. The van der Waals surface area contributed by atoms with Crippen LogP contribution in [0, 0.1) is 5.92 Å². The Labute approximate surface area is 130 Å². The minimum Gasteiger partial charge on any atom is -0.460 e. The van der Waals surface area contributed by atoms with E-state index in [-0.39, 0.29) is 12.4 Å². The molecule has 4 nitrogen and oxygen atoms in total. The summed E-state index contributed by atoms with van der Waals surface area (Å²) < 4.78 is 4.98. The van der Waals surface area contributed by atoms with Gasteiger partial charge in [-0.15, -0.1) is 0 Å². The highest BCUT2D eigenvalue weighted by atomic mass is 16.5. The van der Waals surface area contributed by atoms with Crippen molar-refractivity contribution in [2.45, 2.75) is 33.1 Å². The summed E-state index contributed by atoms with van der Waals surface area (Å²) in [5, 5.41) is 0. The molecule has 1 aliphatic rings. The maximum Gasteiger partial charge on any atom is 0.375 e. The van der Waals surface area contributed by atoms with E-state index in [2.05, 4.69) is 0 Å². The Hall–Kier alpha value is -2.23. The minimum atomic E-state index is -0.901. The lowest BCUT2D eigenvalue weighted by Gasteiger charge is -2.21. The smallest absolute Gasteiger partial charge is 0.375 e. The van der Waals surface area contributed by atoms with Gasteiger partial charge in [-0.25, -0.2) is 4.79 Å². The van der Waals surface area contributed by atoms with Crippen LogP contribution in [0.25, 0.3) is 0 Å². The van der Waals surface area contributed by atoms with Crippen molar-refractivity contribution in [1.29, 1.82) is 0 Å². The zero-order chi connectivity index (χ0) is 16.1. The van der Waals surface area contributed by atoms with E-state index in [0.29, 0.717) is 24.8 Å². The Morgan fingerprint density at radius 1 is 1.32 bits per heavy atom. The molecule has 2 rings (SSSR count). The van der Waals surface area contributed by atoms with Crippen LogP contribution in [0.2, 0.25) is 0 Å². The van der Waals surface area contributed by atoms with Crippen molar-refractivity contribution < 1.29 is 19.1 Å².